The summed E-state index contributed by atoms with van der Waals surface area (Å²) in [6.07, 6.45) is 3.65. The molecule has 0 unspecified atom stereocenters. The van der Waals surface area contributed by atoms with Crippen LogP contribution in [-0.2, 0) is 6.54 Å². The molecule has 4 rings (SSSR count). The minimum absolute atomic E-state index is 0.605. The number of fused-ring (bicyclic) bond motifs is 3. The Hall–Kier alpha value is -2.36. The molecule has 2 aromatic rings. The molecule has 0 radical (unpaired) electrons. The lowest BCUT2D eigenvalue weighted by atomic mass is 10.2. The molecule has 80 valence electrons. The number of aromatic nitrogens is 2. The zero-order valence-corrected chi connectivity index (χ0v) is 8.96. The lowest BCUT2D eigenvalue weighted by Crippen LogP contribution is -2.18. The Kier molecular flexibility index (Phi) is 1.58. The van der Waals surface area contributed by atoms with Crippen molar-refractivity contribution in [3.05, 3.63) is 51.2 Å². The Morgan fingerprint density at radius 3 is 3.00 bits per heavy atom. The molecule has 0 fully saturated rings. The maximum absolute atomic E-state index is 4.63. The van der Waals surface area contributed by atoms with E-state index < -0.39 is 0 Å². The van der Waals surface area contributed by atoms with E-state index in [2.05, 4.69) is 20.0 Å². The third-order valence-corrected chi connectivity index (χ3v) is 2.94. The minimum Gasteiger partial charge on any atom is -0.287 e. The molecule has 0 saturated heterocycles. The molecule has 0 amide bonds. The molecule has 0 saturated carbocycles. The van der Waals surface area contributed by atoms with Crippen molar-refractivity contribution in [1.82, 2.24) is 9.97 Å². The van der Waals surface area contributed by atoms with Gasteiger partial charge in [-0.25, -0.2) is 15.0 Å². The normalized spacial score (nSPS) is 14.4. The van der Waals surface area contributed by atoms with Gasteiger partial charge in [-0.1, -0.05) is 18.2 Å². The maximum Gasteiger partial charge on any atom is 0.180 e. The molecule has 1 aromatic carbocycles. The van der Waals surface area contributed by atoms with E-state index in [0.717, 1.165) is 32.8 Å². The Balaban J connectivity index is 2.24. The van der Waals surface area contributed by atoms with Gasteiger partial charge < -0.3 is 0 Å². The second-order valence-electron chi connectivity index (χ2n) is 4.01. The summed E-state index contributed by atoms with van der Waals surface area (Å²) >= 11 is 0. The number of rotatable bonds is 0. The topological polar surface area (TPSA) is 50.5 Å². The summed E-state index contributed by atoms with van der Waals surface area (Å²) in [6.45, 7) is 0.605. The van der Waals surface area contributed by atoms with Crippen LogP contribution in [0.25, 0.3) is 6.08 Å². The summed E-state index contributed by atoms with van der Waals surface area (Å²) in [5, 5.41) is 3.78. The first-order valence-corrected chi connectivity index (χ1v) is 5.47. The molecule has 2 aliphatic heterocycles. The number of hydrogen-bond acceptors (Lipinski definition) is 4. The molecule has 17 heavy (non-hydrogen) atoms. The van der Waals surface area contributed by atoms with E-state index in [0.29, 0.717) is 6.54 Å². The number of benzene rings is 1. The molecule has 0 spiro atoms. The highest BCUT2D eigenvalue weighted by atomic mass is 15.0. The van der Waals surface area contributed by atoms with E-state index in [4.69, 9.17) is 0 Å². The Morgan fingerprint density at radius 1 is 1.06 bits per heavy atom. The van der Waals surface area contributed by atoms with Crippen molar-refractivity contribution in [2.75, 3.05) is 0 Å². The fourth-order valence-corrected chi connectivity index (χ4v) is 2.13. The van der Waals surface area contributed by atoms with E-state index in [-0.39, 0.29) is 0 Å². The average Bonchev–Trinajstić information content (AvgIpc) is 2.73. The van der Waals surface area contributed by atoms with Crippen LogP contribution in [-0.4, -0.2) is 16.2 Å². The minimum atomic E-state index is 0.605. The molecule has 0 N–H and O–H groups in total. The molecular formula is C13H8N4. The van der Waals surface area contributed by atoms with Gasteiger partial charge in [-0.15, -0.1) is 0 Å². The zero-order valence-electron chi connectivity index (χ0n) is 8.96. The first-order valence-electron chi connectivity index (χ1n) is 5.47. The molecule has 1 aromatic heterocycles. The van der Waals surface area contributed by atoms with Gasteiger partial charge in [0.2, 0.25) is 0 Å². The fraction of sp³-hybridized carbons (Fsp3) is 0.0769. The summed E-state index contributed by atoms with van der Waals surface area (Å²) in [5.41, 5.74) is 0.929. The van der Waals surface area contributed by atoms with Gasteiger partial charge in [-0.05, 0) is 12.1 Å². The highest BCUT2D eigenvalue weighted by Gasteiger charge is 2.10. The van der Waals surface area contributed by atoms with Gasteiger partial charge in [0, 0.05) is 11.4 Å². The molecule has 2 aliphatic rings. The second-order valence-corrected chi connectivity index (χ2v) is 4.01. The fourth-order valence-electron chi connectivity index (χ4n) is 2.13. The molecule has 4 heteroatoms. The Labute approximate surface area is 96.4 Å². The van der Waals surface area contributed by atoms with Crippen LogP contribution in [0.5, 0.6) is 0 Å². The monoisotopic (exact) mass is 220 g/mol. The maximum atomic E-state index is 4.63. The van der Waals surface area contributed by atoms with Crippen molar-refractivity contribution in [2.45, 2.75) is 6.54 Å². The van der Waals surface area contributed by atoms with Gasteiger partial charge in [0.05, 0.1) is 22.9 Å². The predicted molar refractivity (Wildman–Crippen MR) is 63.2 cm³/mol. The number of nitrogens with zero attached hydrogens (tertiary/aromatic N) is 4. The van der Waals surface area contributed by atoms with Crippen molar-refractivity contribution in [3.8, 4) is 0 Å². The molecule has 0 atom stereocenters. The number of para-hydroxylation sites is 1. The summed E-state index contributed by atoms with van der Waals surface area (Å²) < 4.78 is 0. The van der Waals surface area contributed by atoms with Gasteiger partial charge in [-0.2, -0.15) is 0 Å². The molecular weight excluding hydrogens is 212 g/mol. The third kappa shape index (κ3) is 1.18. The Bertz CT molecular complexity index is 865. The highest BCUT2D eigenvalue weighted by Crippen LogP contribution is 2.11. The van der Waals surface area contributed by atoms with E-state index in [1.165, 1.54) is 0 Å². The van der Waals surface area contributed by atoms with Crippen molar-refractivity contribution in [3.63, 3.8) is 0 Å². The van der Waals surface area contributed by atoms with Crippen LogP contribution in [0, 0.1) is 10.6 Å². The van der Waals surface area contributed by atoms with Crippen molar-refractivity contribution in [1.29, 1.82) is 0 Å². The van der Waals surface area contributed by atoms with Gasteiger partial charge in [0.1, 0.15) is 5.35 Å². The third-order valence-electron chi connectivity index (χ3n) is 2.94. The van der Waals surface area contributed by atoms with Gasteiger partial charge in [-0.3, -0.25) is 4.99 Å². The molecule has 0 bridgehead atoms. The summed E-state index contributed by atoms with van der Waals surface area (Å²) in [6, 6.07) is 7.98. The summed E-state index contributed by atoms with van der Waals surface area (Å²) in [4.78, 5) is 17.8. The lowest BCUT2D eigenvalue weighted by Gasteiger charge is -2.01. The highest BCUT2D eigenvalue weighted by molar-refractivity contribution is 5.91. The first-order chi connectivity index (χ1) is 8.42. The van der Waals surface area contributed by atoms with Crippen LogP contribution >= 0.6 is 0 Å². The Morgan fingerprint density at radius 2 is 2.00 bits per heavy atom. The van der Waals surface area contributed by atoms with Crippen molar-refractivity contribution >= 4 is 18.1 Å². The van der Waals surface area contributed by atoms with Crippen LogP contribution in [0.3, 0.4) is 0 Å². The van der Waals surface area contributed by atoms with Crippen molar-refractivity contribution in [2.24, 2.45) is 9.98 Å². The quantitative estimate of drug-likeness (QED) is 0.550. The van der Waals surface area contributed by atoms with Crippen LogP contribution in [0.15, 0.2) is 34.3 Å². The number of aliphatic imine (C=N–C) groups is 1. The van der Waals surface area contributed by atoms with E-state index in [1.807, 2.05) is 30.3 Å². The number of hydrogen-bond donors (Lipinski definition) is 0. The van der Waals surface area contributed by atoms with Crippen molar-refractivity contribution < 1.29 is 0 Å². The SMILES string of the molecule is C1=NCc2nc3c(nc2=C1)N=c1ccccc1=3. The largest absolute Gasteiger partial charge is 0.287 e. The predicted octanol–water partition coefficient (Wildman–Crippen LogP) is 0.393. The average molecular weight is 220 g/mol. The summed E-state index contributed by atoms with van der Waals surface area (Å²) in [7, 11) is 0. The zero-order chi connectivity index (χ0) is 11.2. The lowest BCUT2D eigenvalue weighted by molar-refractivity contribution is 0.921. The van der Waals surface area contributed by atoms with Gasteiger partial charge in [0.15, 0.2) is 5.82 Å². The van der Waals surface area contributed by atoms with E-state index in [9.17, 15) is 0 Å². The molecule has 0 aliphatic carbocycles. The van der Waals surface area contributed by atoms with Crippen LogP contribution in [0.2, 0.25) is 0 Å². The standard InChI is InChI=1S/C13H8N4/c1-2-4-9-8(3-1)12-13(16-9)17-10-5-6-14-7-11(10)15-12/h1-6H,7H2. The summed E-state index contributed by atoms with van der Waals surface area (Å²) in [5.74, 6) is 0.719. The molecule has 4 nitrogen and oxygen atoms in total. The van der Waals surface area contributed by atoms with Crippen LogP contribution in [0.4, 0.5) is 5.82 Å². The molecule has 3 heterocycles. The van der Waals surface area contributed by atoms with Gasteiger partial charge >= 0.3 is 0 Å². The van der Waals surface area contributed by atoms with E-state index in [1.54, 1.807) is 6.21 Å². The van der Waals surface area contributed by atoms with Crippen LogP contribution < -0.4 is 10.7 Å². The van der Waals surface area contributed by atoms with E-state index >= 15 is 0 Å². The van der Waals surface area contributed by atoms with Crippen LogP contribution in [0.1, 0.15) is 5.69 Å². The van der Waals surface area contributed by atoms with Gasteiger partial charge in [0.25, 0.3) is 0 Å². The second kappa shape index (κ2) is 3.07. The first kappa shape index (κ1) is 8.75. The smallest absolute Gasteiger partial charge is 0.180 e.